The van der Waals surface area contributed by atoms with Crippen LogP contribution in [-0.2, 0) is 6.42 Å². The Hall–Kier alpha value is -1.41. The summed E-state index contributed by atoms with van der Waals surface area (Å²) in [6, 6.07) is 7.91. The Morgan fingerprint density at radius 2 is 1.83 bits per heavy atom. The van der Waals surface area contributed by atoms with Gasteiger partial charge in [-0.15, -0.1) is 0 Å². The molecule has 0 saturated carbocycles. The zero-order chi connectivity index (χ0) is 12.8. The number of pyridine rings is 2. The van der Waals surface area contributed by atoms with Crippen LogP contribution in [0.3, 0.4) is 0 Å². The zero-order valence-electron chi connectivity index (χ0n) is 10.6. The van der Waals surface area contributed by atoms with Crippen molar-refractivity contribution in [1.29, 1.82) is 0 Å². The van der Waals surface area contributed by atoms with Gasteiger partial charge in [-0.1, -0.05) is 31.4 Å². The lowest BCUT2D eigenvalue weighted by molar-refractivity contribution is 0.708. The maximum absolute atomic E-state index is 5.99. The molecule has 3 heteroatoms. The summed E-state index contributed by atoms with van der Waals surface area (Å²) in [5.74, 6) is 0. The summed E-state index contributed by atoms with van der Waals surface area (Å²) >= 11 is 5.99. The Balaban J connectivity index is 2.29. The van der Waals surface area contributed by atoms with E-state index >= 15 is 0 Å². The number of aromatic nitrogens is 2. The van der Waals surface area contributed by atoms with Gasteiger partial charge < -0.3 is 0 Å². The van der Waals surface area contributed by atoms with E-state index in [0.717, 1.165) is 29.7 Å². The maximum Gasteiger partial charge on any atom is 0.129 e. The van der Waals surface area contributed by atoms with Crippen LogP contribution in [-0.4, -0.2) is 9.97 Å². The second-order valence-corrected chi connectivity index (χ2v) is 4.71. The van der Waals surface area contributed by atoms with Gasteiger partial charge in [0.25, 0.3) is 0 Å². The molecule has 2 rings (SSSR count). The molecule has 0 saturated heterocycles. The normalized spacial score (nSPS) is 10.6. The quantitative estimate of drug-likeness (QED) is 0.583. The average molecular weight is 261 g/mol. The van der Waals surface area contributed by atoms with Crippen molar-refractivity contribution in [3.63, 3.8) is 0 Å². The van der Waals surface area contributed by atoms with Crippen LogP contribution in [0.1, 0.15) is 31.9 Å². The molecule has 0 aliphatic carbocycles. The van der Waals surface area contributed by atoms with Crippen molar-refractivity contribution < 1.29 is 0 Å². The summed E-state index contributed by atoms with van der Waals surface area (Å²) in [7, 11) is 0. The van der Waals surface area contributed by atoms with Crippen LogP contribution < -0.4 is 0 Å². The molecule has 18 heavy (non-hydrogen) atoms. The minimum absolute atomic E-state index is 0.569. The first-order chi connectivity index (χ1) is 8.81. The first-order valence-electron chi connectivity index (χ1n) is 6.37. The third-order valence-electron chi connectivity index (χ3n) is 2.95. The molecule has 0 radical (unpaired) electrons. The highest BCUT2D eigenvalue weighted by atomic mass is 35.5. The molecule has 2 aromatic rings. The number of hydrogen-bond acceptors (Lipinski definition) is 2. The van der Waals surface area contributed by atoms with E-state index in [1.54, 1.807) is 12.4 Å². The Morgan fingerprint density at radius 1 is 1.06 bits per heavy atom. The van der Waals surface area contributed by atoms with Crippen molar-refractivity contribution in [2.45, 2.75) is 32.6 Å². The van der Waals surface area contributed by atoms with E-state index in [9.17, 15) is 0 Å². The summed E-state index contributed by atoms with van der Waals surface area (Å²) in [6.07, 6.45) is 8.18. The number of hydrogen-bond donors (Lipinski definition) is 0. The summed E-state index contributed by atoms with van der Waals surface area (Å²) < 4.78 is 0. The molecule has 0 spiro atoms. The first kappa shape index (κ1) is 13.0. The molecule has 0 unspecified atom stereocenters. The Morgan fingerprint density at radius 3 is 2.56 bits per heavy atom. The Labute approximate surface area is 113 Å². The van der Waals surface area contributed by atoms with Gasteiger partial charge in [-0.3, -0.25) is 4.98 Å². The molecule has 0 aliphatic rings. The molecule has 0 N–H and O–H groups in total. The average Bonchev–Trinajstić information content (AvgIpc) is 2.40. The first-order valence-corrected chi connectivity index (χ1v) is 6.75. The van der Waals surface area contributed by atoms with Crippen molar-refractivity contribution >= 4 is 11.6 Å². The van der Waals surface area contributed by atoms with E-state index in [0.29, 0.717) is 5.15 Å². The van der Waals surface area contributed by atoms with Gasteiger partial charge in [0.05, 0.1) is 0 Å². The monoisotopic (exact) mass is 260 g/mol. The van der Waals surface area contributed by atoms with Gasteiger partial charge in [0, 0.05) is 23.7 Å². The van der Waals surface area contributed by atoms with Crippen molar-refractivity contribution in [3.05, 3.63) is 47.5 Å². The highest BCUT2D eigenvalue weighted by Gasteiger charge is 2.07. The standard InChI is InChI=1S/C15H17ClN2/c1-2-3-4-5-14-13(6-7-15(16)18-14)12-8-10-17-11-9-12/h6-11H,2-5H2,1H3. The highest BCUT2D eigenvalue weighted by Crippen LogP contribution is 2.25. The van der Waals surface area contributed by atoms with Crippen molar-refractivity contribution in [2.75, 3.05) is 0 Å². The maximum atomic E-state index is 5.99. The van der Waals surface area contributed by atoms with Crippen LogP contribution in [0, 0.1) is 0 Å². The molecule has 94 valence electrons. The number of halogens is 1. The number of nitrogens with zero attached hydrogens (tertiary/aromatic N) is 2. The molecule has 2 aromatic heterocycles. The minimum Gasteiger partial charge on any atom is -0.265 e. The van der Waals surface area contributed by atoms with E-state index in [4.69, 9.17) is 11.6 Å². The van der Waals surface area contributed by atoms with Crippen molar-refractivity contribution in [2.24, 2.45) is 0 Å². The van der Waals surface area contributed by atoms with Crippen LogP contribution in [0.25, 0.3) is 11.1 Å². The number of aryl methyl sites for hydroxylation is 1. The van der Waals surface area contributed by atoms with E-state index in [1.807, 2.05) is 24.3 Å². The zero-order valence-corrected chi connectivity index (χ0v) is 11.3. The summed E-state index contributed by atoms with van der Waals surface area (Å²) in [4.78, 5) is 8.51. The summed E-state index contributed by atoms with van der Waals surface area (Å²) in [6.45, 7) is 2.20. The summed E-state index contributed by atoms with van der Waals surface area (Å²) in [5.41, 5.74) is 3.40. The van der Waals surface area contributed by atoms with Crippen LogP contribution in [0.2, 0.25) is 5.15 Å². The third-order valence-corrected chi connectivity index (χ3v) is 3.16. The van der Waals surface area contributed by atoms with Gasteiger partial charge >= 0.3 is 0 Å². The second kappa shape index (κ2) is 6.50. The lowest BCUT2D eigenvalue weighted by Gasteiger charge is -2.09. The van der Waals surface area contributed by atoms with E-state index in [1.165, 1.54) is 12.8 Å². The van der Waals surface area contributed by atoms with E-state index < -0.39 is 0 Å². The van der Waals surface area contributed by atoms with Gasteiger partial charge in [0.15, 0.2) is 0 Å². The second-order valence-electron chi connectivity index (χ2n) is 4.32. The fraction of sp³-hybridized carbons (Fsp3) is 0.333. The molecular weight excluding hydrogens is 244 g/mol. The fourth-order valence-corrected chi connectivity index (χ4v) is 2.17. The van der Waals surface area contributed by atoms with Crippen molar-refractivity contribution in [1.82, 2.24) is 9.97 Å². The van der Waals surface area contributed by atoms with Gasteiger partial charge in [-0.2, -0.15) is 0 Å². The van der Waals surface area contributed by atoms with Gasteiger partial charge in [-0.25, -0.2) is 4.98 Å². The van der Waals surface area contributed by atoms with E-state index in [-0.39, 0.29) is 0 Å². The largest absolute Gasteiger partial charge is 0.265 e. The molecule has 0 fully saturated rings. The lowest BCUT2D eigenvalue weighted by atomic mass is 10.0. The topological polar surface area (TPSA) is 25.8 Å². The summed E-state index contributed by atoms with van der Waals surface area (Å²) in [5, 5.41) is 0.569. The molecule has 0 atom stereocenters. The molecule has 0 aliphatic heterocycles. The smallest absolute Gasteiger partial charge is 0.129 e. The third kappa shape index (κ3) is 3.30. The van der Waals surface area contributed by atoms with Gasteiger partial charge in [0.2, 0.25) is 0 Å². The van der Waals surface area contributed by atoms with Crippen LogP contribution >= 0.6 is 11.6 Å². The number of rotatable bonds is 5. The van der Waals surface area contributed by atoms with Crippen LogP contribution in [0.5, 0.6) is 0 Å². The minimum atomic E-state index is 0.569. The van der Waals surface area contributed by atoms with Crippen molar-refractivity contribution in [3.8, 4) is 11.1 Å². The SMILES string of the molecule is CCCCCc1nc(Cl)ccc1-c1ccncc1. The Bertz CT molecular complexity index is 497. The fourth-order valence-electron chi connectivity index (χ4n) is 2.00. The molecule has 2 heterocycles. The van der Waals surface area contributed by atoms with E-state index in [2.05, 4.69) is 16.9 Å². The van der Waals surface area contributed by atoms with Crippen LogP contribution in [0.15, 0.2) is 36.7 Å². The molecule has 2 nitrogen and oxygen atoms in total. The predicted molar refractivity (Wildman–Crippen MR) is 75.7 cm³/mol. The molecular formula is C15H17ClN2. The van der Waals surface area contributed by atoms with Gasteiger partial charge in [-0.05, 0) is 42.7 Å². The van der Waals surface area contributed by atoms with Crippen LogP contribution in [0.4, 0.5) is 0 Å². The molecule has 0 aromatic carbocycles. The Kier molecular flexibility index (Phi) is 4.71. The number of unbranched alkanes of at least 4 members (excludes halogenated alkanes) is 2. The predicted octanol–water partition coefficient (Wildman–Crippen LogP) is 4.53. The molecule has 0 bridgehead atoms. The highest BCUT2D eigenvalue weighted by molar-refractivity contribution is 6.29. The molecule has 0 amide bonds. The van der Waals surface area contributed by atoms with Gasteiger partial charge in [0.1, 0.15) is 5.15 Å². The lowest BCUT2D eigenvalue weighted by Crippen LogP contribution is -1.95.